The normalized spacial score (nSPS) is 20.1. The van der Waals surface area contributed by atoms with E-state index in [4.69, 9.17) is 11.0 Å². The second-order valence-electron chi connectivity index (χ2n) is 2.30. The van der Waals surface area contributed by atoms with E-state index in [1.165, 1.54) is 0 Å². The molecule has 6 heteroatoms. The van der Waals surface area contributed by atoms with E-state index < -0.39 is 0 Å². The Hall–Kier alpha value is -1.01. The summed E-state index contributed by atoms with van der Waals surface area (Å²) in [4.78, 5) is 1.87. The van der Waals surface area contributed by atoms with E-state index in [1.807, 2.05) is 10.4 Å². The zero-order valence-corrected chi connectivity index (χ0v) is 6.25. The Bertz CT molecular complexity index is 142. The molecular formula is C5H13N5O. The van der Waals surface area contributed by atoms with Gasteiger partial charge in [-0.05, 0) is 0 Å². The van der Waals surface area contributed by atoms with Gasteiger partial charge in [-0.3, -0.25) is 5.21 Å². The Labute approximate surface area is 65.0 Å². The van der Waals surface area contributed by atoms with E-state index in [0.29, 0.717) is 5.96 Å². The van der Waals surface area contributed by atoms with Gasteiger partial charge in [0.15, 0.2) is 0 Å². The lowest BCUT2D eigenvalue weighted by Crippen LogP contribution is -2.50. The summed E-state index contributed by atoms with van der Waals surface area (Å²) in [6.45, 7) is 3.40. The molecule has 1 rings (SSSR count). The number of nitrogens with two attached hydrogens (primary N) is 1. The first-order valence-corrected chi connectivity index (χ1v) is 3.52. The molecule has 5 N–H and O–H groups in total. The molecule has 6 nitrogen and oxygen atoms in total. The molecule has 0 aromatic carbocycles. The maximum atomic E-state index is 8.56. The zero-order valence-electron chi connectivity index (χ0n) is 6.25. The summed E-state index contributed by atoms with van der Waals surface area (Å²) in [6, 6.07) is 0. The molecule has 0 atom stereocenters. The highest BCUT2D eigenvalue weighted by atomic mass is 16.5. The summed E-state index contributed by atoms with van der Waals surface area (Å²) in [7, 11) is 0. The van der Waals surface area contributed by atoms with Crippen LogP contribution in [0.2, 0.25) is 0 Å². The topological polar surface area (TPSA) is 85.9 Å². The molecule has 0 unspecified atom stereocenters. The number of nitrogens with zero attached hydrogens (tertiary/aromatic N) is 2. The minimum Gasteiger partial charge on any atom is -0.337 e. The third kappa shape index (κ3) is 1.95. The number of hydrogen-bond acceptors (Lipinski definition) is 4. The molecule has 0 radical (unpaired) electrons. The van der Waals surface area contributed by atoms with Crippen molar-refractivity contribution in [2.24, 2.45) is 10.9 Å². The summed E-state index contributed by atoms with van der Waals surface area (Å²) >= 11 is 0. The lowest BCUT2D eigenvalue weighted by Gasteiger charge is -2.28. The molecule has 1 aliphatic rings. The fourth-order valence-corrected chi connectivity index (χ4v) is 1.06. The van der Waals surface area contributed by atoms with E-state index in [0.717, 1.165) is 26.2 Å². The fraction of sp³-hybridized carbons (Fsp3) is 0.800. The number of hydrogen-bond donors (Lipinski definition) is 4. The van der Waals surface area contributed by atoms with Crippen LogP contribution in [0, 0.1) is 0 Å². The molecule has 1 saturated heterocycles. The molecule has 0 spiro atoms. The molecular weight excluding hydrogens is 146 g/mol. The molecule has 1 heterocycles. The highest BCUT2D eigenvalue weighted by Crippen LogP contribution is 1.91. The van der Waals surface area contributed by atoms with Gasteiger partial charge in [0.2, 0.25) is 5.96 Å². The van der Waals surface area contributed by atoms with Crippen LogP contribution in [0.5, 0.6) is 0 Å². The summed E-state index contributed by atoms with van der Waals surface area (Å²) in [5.41, 5.74) is 1.94. The first-order chi connectivity index (χ1) is 5.38. The van der Waals surface area contributed by atoms with Gasteiger partial charge in [0.25, 0.3) is 0 Å². The van der Waals surface area contributed by atoms with Gasteiger partial charge in [-0.2, -0.15) is 0 Å². The lowest BCUT2D eigenvalue weighted by molar-refractivity contribution is 0.204. The van der Waals surface area contributed by atoms with E-state index in [9.17, 15) is 0 Å². The number of nitrogens with one attached hydrogen (secondary N) is 2. The fourth-order valence-electron chi connectivity index (χ4n) is 1.06. The summed E-state index contributed by atoms with van der Waals surface area (Å²) in [6.07, 6.45) is 0. The number of hydroxylamine groups is 1. The molecule has 0 saturated carbocycles. The average molecular weight is 159 g/mol. The largest absolute Gasteiger partial charge is 0.337 e. The molecule has 11 heavy (non-hydrogen) atoms. The Morgan fingerprint density at radius 2 is 2.18 bits per heavy atom. The van der Waals surface area contributed by atoms with Crippen LogP contribution in [0.3, 0.4) is 0 Å². The van der Waals surface area contributed by atoms with Crippen molar-refractivity contribution in [3.8, 4) is 0 Å². The second kappa shape index (κ2) is 3.99. The van der Waals surface area contributed by atoms with E-state index in [1.54, 1.807) is 0 Å². The molecule has 0 bridgehead atoms. The molecule has 1 fully saturated rings. The van der Waals surface area contributed by atoms with Crippen LogP contribution >= 0.6 is 0 Å². The molecule has 0 amide bonds. The predicted octanol–water partition coefficient (Wildman–Crippen LogP) is -1.90. The minimum atomic E-state index is 0.325. The standard InChI is InChI=1S/C5H13N5O/c6-8-5(9-11)10-3-1-7-2-4-10/h7,11H,1-4,6H2,(H,8,9). The van der Waals surface area contributed by atoms with Crippen molar-refractivity contribution in [3.05, 3.63) is 0 Å². The Kier molecular flexibility index (Phi) is 2.94. The first kappa shape index (κ1) is 8.09. The second-order valence-corrected chi connectivity index (χ2v) is 2.30. The monoisotopic (exact) mass is 159 g/mol. The SMILES string of the molecule is N/N=C(/NO)N1CCNCC1. The predicted molar refractivity (Wildman–Crippen MR) is 41.0 cm³/mol. The van der Waals surface area contributed by atoms with Crippen LogP contribution in [0.15, 0.2) is 5.10 Å². The van der Waals surface area contributed by atoms with Gasteiger partial charge >= 0.3 is 0 Å². The highest BCUT2D eigenvalue weighted by molar-refractivity contribution is 5.78. The number of rotatable bonds is 0. The van der Waals surface area contributed by atoms with Crippen LogP contribution in [-0.4, -0.2) is 42.2 Å². The number of hydrazone groups is 1. The Morgan fingerprint density at radius 3 is 2.64 bits per heavy atom. The van der Waals surface area contributed by atoms with Crippen LogP contribution in [-0.2, 0) is 0 Å². The van der Waals surface area contributed by atoms with Crippen molar-refractivity contribution >= 4 is 5.96 Å². The van der Waals surface area contributed by atoms with Crippen molar-refractivity contribution in [1.29, 1.82) is 0 Å². The van der Waals surface area contributed by atoms with Gasteiger partial charge in [0.05, 0.1) is 0 Å². The van der Waals surface area contributed by atoms with Gasteiger partial charge in [-0.15, -0.1) is 5.10 Å². The van der Waals surface area contributed by atoms with Crippen LogP contribution < -0.4 is 16.6 Å². The van der Waals surface area contributed by atoms with Gasteiger partial charge in [-0.25, -0.2) is 5.48 Å². The van der Waals surface area contributed by atoms with Crippen LogP contribution in [0.4, 0.5) is 0 Å². The minimum absolute atomic E-state index is 0.325. The van der Waals surface area contributed by atoms with Crippen molar-refractivity contribution in [1.82, 2.24) is 15.7 Å². The van der Waals surface area contributed by atoms with E-state index in [2.05, 4.69) is 10.4 Å². The van der Waals surface area contributed by atoms with Gasteiger partial charge < -0.3 is 16.1 Å². The molecule has 0 aliphatic carbocycles. The summed E-state index contributed by atoms with van der Waals surface area (Å²) in [5, 5.41) is 15.1. The Morgan fingerprint density at radius 1 is 1.55 bits per heavy atom. The van der Waals surface area contributed by atoms with Gasteiger partial charge in [-0.1, -0.05) is 0 Å². The number of piperazine rings is 1. The van der Waals surface area contributed by atoms with E-state index in [-0.39, 0.29) is 0 Å². The van der Waals surface area contributed by atoms with Crippen LogP contribution in [0.1, 0.15) is 0 Å². The summed E-state index contributed by atoms with van der Waals surface area (Å²) < 4.78 is 0. The van der Waals surface area contributed by atoms with Crippen molar-refractivity contribution in [2.75, 3.05) is 26.2 Å². The molecule has 1 aliphatic heterocycles. The third-order valence-electron chi connectivity index (χ3n) is 1.64. The third-order valence-corrected chi connectivity index (χ3v) is 1.64. The molecule has 64 valence electrons. The van der Waals surface area contributed by atoms with Crippen molar-refractivity contribution < 1.29 is 5.21 Å². The van der Waals surface area contributed by atoms with Gasteiger partial charge in [0, 0.05) is 26.2 Å². The smallest absolute Gasteiger partial charge is 0.239 e. The first-order valence-electron chi connectivity index (χ1n) is 3.52. The number of guanidine groups is 1. The average Bonchev–Trinajstić information content (AvgIpc) is 2.09. The highest BCUT2D eigenvalue weighted by Gasteiger charge is 2.12. The van der Waals surface area contributed by atoms with E-state index >= 15 is 0 Å². The lowest BCUT2D eigenvalue weighted by atomic mass is 10.4. The van der Waals surface area contributed by atoms with Crippen molar-refractivity contribution in [3.63, 3.8) is 0 Å². The Balaban J connectivity index is 2.43. The molecule has 0 aromatic heterocycles. The van der Waals surface area contributed by atoms with Gasteiger partial charge in [0.1, 0.15) is 0 Å². The zero-order chi connectivity index (χ0) is 8.10. The maximum absolute atomic E-state index is 8.56. The molecule has 0 aromatic rings. The summed E-state index contributed by atoms with van der Waals surface area (Å²) in [5.74, 6) is 5.34. The maximum Gasteiger partial charge on any atom is 0.239 e. The van der Waals surface area contributed by atoms with Crippen LogP contribution in [0.25, 0.3) is 0 Å². The quantitative estimate of drug-likeness (QED) is 0.143. The van der Waals surface area contributed by atoms with Crippen molar-refractivity contribution in [2.45, 2.75) is 0 Å².